The number of alkyl halides is 3. The molecule has 0 unspecified atom stereocenters. The summed E-state index contributed by atoms with van der Waals surface area (Å²) >= 11 is 0. The lowest BCUT2D eigenvalue weighted by molar-refractivity contribution is -0.167. The first-order chi connectivity index (χ1) is 8.43. The molecule has 7 heteroatoms. The first-order valence-electron chi connectivity index (χ1n) is 5.03. The Morgan fingerprint density at radius 1 is 1.33 bits per heavy atom. The first-order valence-corrected chi connectivity index (χ1v) is 5.03. The van der Waals surface area contributed by atoms with Gasteiger partial charge in [0.25, 0.3) is 0 Å². The molecule has 0 aromatic heterocycles. The van der Waals surface area contributed by atoms with Gasteiger partial charge in [0.1, 0.15) is 12.4 Å². The van der Waals surface area contributed by atoms with Crippen molar-refractivity contribution in [2.75, 3.05) is 25.6 Å². The molecule has 0 atom stereocenters. The van der Waals surface area contributed by atoms with Gasteiger partial charge >= 0.3 is 12.1 Å². The second-order valence-corrected chi connectivity index (χ2v) is 3.32. The maximum Gasteiger partial charge on any atom is 0.471 e. The standard InChI is InChI=1S/C11H12F3NO3/c1-17-5-6-18-9-4-2-3-8(7-9)15-10(16)11(12,13)14/h2-4,7H,5-6H2,1H3,(H,15,16). The van der Waals surface area contributed by atoms with Crippen LogP contribution in [0.5, 0.6) is 5.75 Å². The van der Waals surface area contributed by atoms with Crippen LogP contribution in [0.1, 0.15) is 0 Å². The summed E-state index contributed by atoms with van der Waals surface area (Å²) in [5.41, 5.74) is 0.0206. The molecule has 0 spiro atoms. The van der Waals surface area contributed by atoms with E-state index in [2.05, 4.69) is 0 Å². The van der Waals surface area contributed by atoms with Crippen molar-refractivity contribution in [2.24, 2.45) is 0 Å². The summed E-state index contributed by atoms with van der Waals surface area (Å²) in [4.78, 5) is 10.7. The summed E-state index contributed by atoms with van der Waals surface area (Å²) < 4.78 is 46.0. The molecular formula is C11H12F3NO3. The summed E-state index contributed by atoms with van der Waals surface area (Å²) in [5, 5.41) is 1.74. The predicted octanol–water partition coefficient (Wildman–Crippen LogP) is 2.21. The Bertz CT molecular complexity index is 407. The number of hydrogen-bond donors (Lipinski definition) is 1. The zero-order valence-electron chi connectivity index (χ0n) is 9.58. The minimum atomic E-state index is -4.91. The number of carbonyl (C=O) groups is 1. The first kappa shape index (κ1) is 14.3. The minimum Gasteiger partial charge on any atom is -0.491 e. The molecule has 0 aliphatic rings. The van der Waals surface area contributed by atoms with E-state index in [0.29, 0.717) is 12.4 Å². The summed E-state index contributed by atoms with van der Waals surface area (Å²) in [6.07, 6.45) is -4.91. The molecule has 1 aromatic carbocycles. The monoisotopic (exact) mass is 263 g/mol. The molecule has 0 aliphatic carbocycles. The largest absolute Gasteiger partial charge is 0.491 e. The lowest BCUT2D eigenvalue weighted by Gasteiger charge is -2.10. The van der Waals surface area contributed by atoms with Gasteiger partial charge in [0.15, 0.2) is 0 Å². The highest BCUT2D eigenvalue weighted by atomic mass is 19.4. The summed E-state index contributed by atoms with van der Waals surface area (Å²) in [5.74, 6) is -1.66. The molecule has 0 aliphatic heterocycles. The van der Waals surface area contributed by atoms with E-state index in [-0.39, 0.29) is 12.3 Å². The Balaban J connectivity index is 2.62. The van der Waals surface area contributed by atoms with Crippen LogP contribution >= 0.6 is 0 Å². The average molecular weight is 263 g/mol. The third-order valence-corrected chi connectivity index (χ3v) is 1.91. The molecule has 0 bridgehead atoms. The van der Waals surface area contributed by atoms with Gasteiger partial charge in [-0.1, -0.05) is 6.07 Å². The number of hydrogen-bond acceptors (Lipinski definition) is 3. The normalized spacial score (nSPS) is 11.1. The van der Waals surface area contributed by atoms with Crippen LogP contribution in [-0.2, 0) is 9.53 Å². The number of anilines is 1. The molecule has 1 aromatic rings. The molecule has 0 saturated heterocycles. The molecule has 18 heavy (non-hydrogen) atoms. The number of nitrogens with one attached hydrogen (secondary N) is 1. The van der Waals surface area contributed by atoms with Gasteiger partial charge in [0.2, 0.25) is 0 Å². The topological polar surface area (TPSA) is 47.6 Å². The molecule has 1 amide bonds. The zero-order valence-corrected chi connectivity index (χ0v) is 9.58. The fourth-order valence-electron chi connectivity index (χ4n) is 1.11. The van der Waals surface area contributed by atoms with Gasteiger partial charge in [-0.25, -0.2) is 0 Å². The molecule has 0 saturated carbocycles. The van der Waals surface area contributed by atoms with Crippen molar-refractivity contribution in [1.29, 1.82) is 0 Å². The van der Waals surface area contributed by atoms with Crippen LogP contribution in [0.4, 0.5) is 18.9 Å². The second-order valence-electron chi connectivity index (χ2n) is 3.32. The Morgan fingerprint density at radius 2 is 2.06 bits per heavy atom. The van der Waals surface area contributed by atoms with Gasteiger partial charge in [-0.05, 0) is 12.1 Å². The van der Waals surface area contributed by atoms with Crippen molar-refractivity contribution in [3.8, 4) is 5.75 Å². The maximum absolute atomic E-state index is 12.0. The molecule has 1 N–H and O–H groups in total. The number of rotatable bonds is 5. The Labute approximate surface area is 102 Å². The van der Waals surface area contributed by atoms with E-state index in [1.165, 1.54) is 25.3 Å². The highest BCUT2D eigenvalue weighted by molar-refractivity contribution is 5.95. The molecule has 0 heterocycles. The van der Waals surface area contributed by atoms with Crippen LogP contribution in [0.3, 0.4) is 0 Å². The van der Waals surface area contributed by atoms with Crippen LogP contribution in [0.15, 0.2) is 24.3 Å². The van der Waals surface area contributed by atoms with E-state index >= 15 is 0 Å². The fraction of sp³-hybridized carbons (Fsp3) is 0.364. The lowest BCUT2D eigenvalue weighted by Crippen LogP contribution is -2.29. The number of methoxy groups -OCH3 is 1. The SMILES string of the molecule is COCCOc1cccc(NC(=O)C(F)(F)F)c1. The van der Waals surface area contributed by atoms with Gasteiger partial charge in [0, 0.05) is 18.9 Å². The third-order valence-electron chi connectivity index (χ3n) is 1.91. The van der Waals surface area contributed by atoms with Crippen LogP contribution < -0.4 is 10.1 Å². The predicted molar refractivity (Wildman–Crippen MR) is 58.5 cm³/mol. The van der Waals surface area contributed by atoms with Gasteiger partial charge in [-0.3, -0.25) is 4.79 Å². The number of halogens is 3. The van der Waals surface area contributed by atoms with Crippen molar-refractivity contribution >= 4 is 11.6 Å². The van der Waals surface area contributed by atoms with Gasteiger partial charge in [0.05, 0.1) is 6.61 Å². The quantitative estimate of drug-likeness (QED) is 0.828. The smallest absolute Gasteiger partial charge is 0.471 e. The van der Waals surface area contributed by atoms with Crippen molar-refractivity contribution in [1.82, 2.24) is 0 Å². The summed E-state index contributed by atoms with van der Waals surface area (Å²) in [7, 11) is 1.50. The molecule has 0 fully saturated rings. The number of amides is 1. The van der Waals surface area contributed by atoms with Crippen molar-refractivity contribution < 1.29 is 27.4 Å². The molecule has 4 nitrogen and oxygen atoms in total. The number of carbonyl (C=O) groups excluding carboxylic acids is 1. The van der Waals surface area contributed by atoms with E-state index in [0.717, 1.165) is 0 Å². The zero-order chi connectivity index (χ0) is 13.6. The van der Waals surface area contributed by atoms with E-state index in [9.17, 15) is 18.0 Å². The second kappa shape index (κ2) is 6.25. The Morgan fingerprint density at radius 3 is 2.67 bits per heavy atom. The molecule has 100 valence electrons. The van der Waals surface area contributed by atoms with E-state index in [1.807, 2.05) is 0 Å². The van der Waals surface area contributed by atoms with E-state index in [4.69, 9.17) is 9.47 Å². The summed E-state index contributed by atoms with van der Waals surface area (Å²) in [6, 6.07) is 5.69. The van der Waals surface area contributed by atoms with Crippen molar-refractivity contribution in [3.63, 3.8) is 0 Å². The Hall–Kier alpha value is -1.76. The highest BCUT2D eigenvalue weighted by Gasteiger charge is 2.38. The van der Waals surface area contributed by atoms with Crippen LogP contribution in [-0.4, -0.2) is 32.4 Å². The lowest BCUT2D eigenvalue weighted by atomic mass is 10.3. The summed E-state index contributed by atoms with van der Waals surface area (Å²) in [6.45, 7) is 0.631. The highest BCUT2D eigenvalue weighted by Crippen LogP contribution is 2.21. The number of ether oxygens (including phenoxy) is 2. The van der Waals surface area contributed by atoms with Gasteiger partial charge < -0.3 is 14.8 Å². The van der Waals surface area contributed by atoms with Gasteiger partial charge in [-0.15, -0.1) is 0 Å². The fourth-order valence-corrected chi connectivity index (χ4v) is 1.11. The van der Waals surface area contributed by atoms with Gasteiger partial charge in [-0.2, -0.15) is 13.2 Å². The van der Waals surface area contributed by atoms with E-state index in [1.54, 1.807) is 11.4 Å². The minimum absolute atomic E-state index is 0.0206. The molecule has 0 radical (unpaired) electrons. The van der Waals surface area contributed by atoms with E-state index < -0.39 is 12.1 Å². The van der Waals surface area contributed by atoms with Crippen molar-refractivity contribution in [2.45, 2.75) is 6.18 Å². The third kappa shape index (κ3) is 4.62. The molecule has 1 rings (SSSR count). The van der Waals surface area contributed by atoms with Crippen molar-refractivity contribution in [3.05, 3.63) is 24.3 Å². The van der Waals surface area contributed by atoms with Crippen LogP contribution in [0.2, 0.25) is 0 Å². The number of benzene rings is 1. The molecular weight excluding hydrogens is 251 g/mol. The maximum atomic E-state index is 12.0. The average Bonchev–Trinajstić information content (AvgIpc) is 2.28. The van der Waals surface area contributed by atoms with Crippen LogP contribution in [0.25, 0.3) is 0 Å². The van der Waals surface area contributed by atoms with Crippen LogP contribution in [0, 0.1) is 0 Å². The Kier molecular flexibility index (Phi) is 4.96.